The number of anilines is 2. The zero-order valence-electron chi connectivity index (χ0n) is 21.0. The molecule has 5 rings (SSSR count). The van der Waals surface area contributed by atoms with Crippen LogP contribution in [0.5, 0.6) is 0 Å². The van der Waals surface area contributed by atoms with Gasteiger partial charge in [0.05, 0.1) is 5.56 Å². The summed E-state index contributed by atoms with van der Waals surface area (Å²) in [4.78, 5) is 27.2. The van der Waals surface area contributed by atoms with Crippen molar-refractivity contribution >= 4 is 57.2 Å². The van der Waals surface area contributed by atoms with Crippen LogP contribution in [0.3, 0.4) is 0 Å². The van der Waals surface area contributed by atoms with E-state index in [4.69, 9.17) is 11.6 Å². The van der Waals surface area contributed by atoms with Crippen LogP contribution >= 0.6 is 34.7 Å². The molecule has 0 bridgehead atoms. The minimum atomic E-state index is -0.603. The van der Waals surface area contributed by atoms with Gasteiger partial charge in [0.15, 0.2) is 0 Å². The lowest BCUT2D eigenvalue weighted by molar-refractivity contribution is -0.115. The van der Waals surface area contributed by atoms with E-state index >= 15 is 0 Å². The Kier molecular flexibility index (Phi) is 8.62. The third-order valence-electron chi connectivity index (χ3n) is 6.00. The molecule has 0 saturated carbocycles. The number of nitriles is 1. The first-order chi connectivity index (χ1) is 19.5. The molecule has 1 atom stereocenters. The molecule has 1 aromatic heterocycles. The molecule has 196 valence electrons. The number of carbonyl (C=O) groups excluding carboxylic acids is 2. The zero-order chi connectivity index (χ0) is 27.9. The molecule has 40 heavy (non-hydrogen) atoms. The van der Waals surface area contributed by atoms with Crippen molar-refractivity contribution in [3.05, 3.63) is 136 Å². The molecule has 0 aliphatic carbocycles. The second-order valence-corrected chi connectivity index (χ2v) is 11.2. The molecule has 8 heteroatoms. The summed E-state index contributed by atoms with van der Waals surface area (Å²) >= 11 is 8.73. The van der Waals surface area contributed by atoms with Gasteiger partial charge in [-0.15, -0.1) is 23.1 Å². The Labute approximate surface area is 245 Å². The summed E-state index contributed by atoms with van der Waals surface area (Å²) in [6.07, 6.45) is 0. The molecule has 0 spiro atoms. The first kappa shape index (κ1) is 27.2. The van der Waals surface area contributed by atoms with E-state index in [1.54, 1.807) is 30.3 Å². The van der Waals surface area contributed by atoms with E-state index in [0.29, 0.717) is 26.8 Å². The van der Waals surface area contributed by atoms with Gasteiger partial charge in [-0.3, -0.25) is 9.59 Å². The van der Waals surface area contributed by atoms with Gasteiger partial charge >= 0.3 is 0 Å². The SMILES string of the molecule is N#Cc1c(-c2ccccc2)csc1NC(=O)C(Sc1cccc(NC(=O)c2cccc(Cl)c2)c1)c1ccccc1. The number of thioether (sulfide) groups is 1. The molecule has 1 heterocycles. The van der Waals surface area contributed by atoms with Gasteiger partial charge in [0.1, 0.15) is 16.3 Å². The van der Waals surface area contributed by atoms with Crippen molar-refractivity contribution in [2.75, 3.05) is 10.6 Å². The van der Waals surface area contributed by atoms with Crippen molar-refractivity contribution in [1.82, 2.24) is 0 Å². The summed E-state index contributed by atoms with van der Waals surface area (Å²) in [5, 5.41) is 18.1. The maximum Gasteiger partial charge on any atom is 0.255 e. The van der Waals surface area contributed by atoms with Crippen molar-refractivity contribution < 1.29 is 9.59 Å². The molecule has 1 unspecified atom stereocenters. The fraction of sp³-hybridized carbons (Fsp3) is 0.0312. The highest BCUT2D eigenvalue weighted by Crippen LogP contribution is 2.40. The van der Waals surface area contributed by atoms with E-state index in [-0.39, 0.29) is 11.8 Å². The van der Waals surface area contributed by atoms with Crippen LogP contribution in [0.15, 0.2) is 119 Å². The van der Waals surface area contributed by atoms with E-state index in [1.807, 2.05) is 84.2 Å². The number of hydrogen-bond donors (Lipinski definition) is 2. The highest BCUT2D eigenvalue weighted by molar-refractivity contribution is 8.00. The summed E-state index contributed by atoms with van der Waals surface area (Å²) < 4.78 is 0. The lowest BCUT2D eigenvalue weighted by Gasteiger charge is -2.17. The molecule has 4 aromatic carbocycles. The van der Waals surface area contributed by atoms with Crippen molar-refractivity contribution in [3.63, 3.8) is 0 Å². The molecule has 0 fully saturated rings. The normalized spacial score (nSPS) is 11.3. The number of nitrogens with one attached hydrogen (secondary N) is 2. The van der Waals surface area contributed by atoms with Crippen LogP contribution in [0.1, 0.15) is 26.7 Å². The number of halogens is 1. The van der Waals surface area contributed by atoms with Gasteiger partial charge in [-0.2, -0.15) is 5.26 Å². The van der Waals surface area contributed by atoms with Crippen molar-refractivity contribution in [1.29, 1.82) is 5.26 Å². The summed E-state index contributed by atoms with van der Waals surface area (Å²) in [5.41, 5.74) is 4.01. The number of amides is 2. The van der Waals surface area contributed by atoms with Crippen molar-refractivity contribution in [3.8, 4) is 17.2 Å². The van der Waals surface area contributed by atoms with Crippen molar-refractivity contribution in [2.24, 2.45) is 0 Å². The van der Waals surface area contributed by atoms with E-state index < -0.39 is 5.25 Å². The van der Waals surface area contributed by atoms with Gasteiger partial charge in [0.25, 0.3) is 5.91 Å². The fourth-order valence-corrected chi connectivity index (χ4v) is 6.28. The molecule has 5 aromatic rings. The molecular formula is C32H22ClN3O2S2. The molecule has 0 saturated heterocycles. The predicted octanol–water partition coefficient (Wildman–Crippen LogP) is 8.66. The van der Waals surface area contributed by atoms with Gasteiger partial charge in [-0.05, 0) is 47.5 Å². The topological polar surface area (TPSA) is 82.0 Å². The highest BCUT2D eigenvalue weighted by Gasteiger charge is 2.25. The predicted molar refractivity (Wildman–Crippen MR) is 164 cm³/mol. The van der Waals surface area contributed by atoms with Gasteiger partial charge < -0.3 is 10.6 Å². The van der Waals surface area contributed by atoms with Crippen LogP contribution < -0.4 is 10.6 Å². The number of hydrogen-bond acceptors (Lipinski definition) is 5. The lowest BCUT2D eigenvalue weighted by atomic mass is 10.1. The average Bonchev–Trinajstić information content (AvgIpc) is 3.39. The van der Waals surface area contributed by atoms with Crippen LogP contribution in [0, 0.1) is 11.3 Å². The lowest BCUT2D eigenvalue weighted by Crippen LogP contribution is -2.19. The number of thiophene rings is 1. The Morgan fingerprint density at radius 2 is 1.57 bits per heavy atom. The Morgan fingerprint density at radius 3 is 2.30 bits per heavy atom. The maximum absolute atomic E-state index is 13.7. The van der Waals surface area contributed by atoms with E-state index in [1.165, 1.54) is 23.1 Å². The Balaban J connectivity index is 1.38. The summed E-state index contributed by atoms with van der Waals surface area (Å²) in [6, 6.07) is 35.4. The molecule has 2 N–H and O–H groups in total. The number of carbonyl (C=O) groups is 2. The smallest absolute Gasteiger partial charge is 0.255 e. The highest BCUT2D eigenvalue weighted by atomic mass is 35.5. The molecule has 5 nitrogen and oxygen atoms in total. The van der Waals surface area contributed by atoms with Crippen LogP contribution in [-0.2, 0) is 4.79 Å². The average molecular weight is 580 g/mol. The Morgan fingerprint density at radius 1 is 0.850 bits per heavy atom. The van der Waals surface area contributed by atoms with Crippen molar-refractivity contribution in [2.45, 2.75) is 10.1 Å². The van der Waals surface area contributed by atoms with Crippen LogP contribution in [-0.4, -0.2) is 11.8 Å². The van der Waals surface area contributed by atoms with E-state index in [0.717, 1.165) is 21.6 Å². The van der Waals surface area contributed by atoms with E-state index in [2.05, 4.69) is 16.7 Å². The van der Waals surface area contributed by atoms with Crippen LogP contribution in [0.2, 0.25) is 5.02 Å². The third kappa shape index (κ3) is 6.44. The van der Waals surface area contributed by atoms with Crippen LogP contribution in [0.25, 0.3) is 11.1 Å². The van der Waals surface area contributed by atoms with E-state index in [9.17, 15) is 14.9 Å². The number of nitrogens with zero attached hydrogens (tertiary/aromatic N) is 1. The summed E-state index contributed by atoms with van der Waals surface area (Å²) in [5.74, 6) is -0.527. The Hall–Kier alpha value is -4.35. The van der Waals surface area contributed by atoms with Crippen LogP contribution in [0.4, 0.5) is 10.7 Å². The first-order valence-corrected chi connectivity index (χ1v) is 14.4. The molecule has 0 radical (unpaired) electrons. The molecular weight excluding hydrogens is 558 g/mol. The number of benzene rings is 4. The molecule has 0 aliphatic heterocycles. The summed E-state index contributed by atoms with van der Waals surface area (Å²) in [6.45, 7) is 0. The van der Waals surface area contributed by atoms with Gasteiger partial charge in [0, 0.05) is 32.1 Å². The number of rotatable bonds is 8. The molecule has 2 amide bonds. The standard InChI is InChI=1S/C32H22ClN3O2S2/c33-24-14-7-13-23(17-24)30(37)35-25-15-8-16-26(18-25)40-29(22-11-5-2-6-12-22)31(38)36-32-27(19-34)28(20-39-32)21-9-3-1-4-10-21/h1-18,20,29H,(H,35,37)(H,36,38). The zero-order valence-corrected chi connectivity index (χ0v) is 23.4. The minimum Gasteiger partial charge on any atom is -0.322 e. The fourth-order valence-electron chi connectivity index (χ4n) is 4.09. The maximum atomic E-state index is 13.7. The van der Waals surface area contributed by atoms with Gasteiger partial charge in [-0.25, -0.2) is 0 Å². The largest absolute Gasteiger partial charge is 0.322 e. The first-order valence-electron chi connectivity index (χ1n) is 12.3. The minimum absolute atomic E-state index is 0.248. The van der Waals surface area contributed by atoms with Gasteiger partial charge in [-0.1, -0.05) is 84.4 Å². The molecule has 0 aliphatic rings. The second kappa shape index (κ2) is 12.7. The quantitative estimate of drug-likeness (QED) is 0.180. The second-order valence-electron chi connectivity index (χ2n) is 8.72. The van der Waals surface area contributed by atoms with Gasteiger partial charge in [0.2, 0.25) is 5.91 Å². The Bertz CT molecular complexity index is 1700. The monoisotopic (exact) mass is 579 g/mol. The summed E-state index contributed by atoms with van der Waals surface area (Å²) in [7, 11) is 0. The third-order valence-corrected chi connectivity index (χ3v) is 8.38.